The lowest BCUT2D eigenvalue weighted by molar-refractivity contribution is 0.277. The summed E-state index contributed by atoms with van der Waals surface area (Å²) in [6, 6.07) is 4.73. The summed E-state index contributed by atoms with van der Waals surface area (Å²) in [5.41, 5.74) is 0.949. The molecule has 0 saturated heterocycles. The Hall–Kier alpha value is -1.20. The Bertz CT molecular complexity index is 484. The molecule has 0 radical (unpaired) electrons. The third-order valence-electron chi connectivity index (χ3n) is 1.99. The average Bonchev–Trinajstić information content (AvgIpc) is 2.66. The number of hydrogen-bond donors (Lipinski definition) is 2. The molecule has 0 aliphatic carbocycles. The average molecular weight is 271 g/mol. The third kappa shape index (κ3) is 2.08. The van der Waals surface area contributed by atoms with Crippen LogP contribution in [0.2, 0.25) is 0 Å². The Labute approximate surface area is 94.1 Å². The molecular formula is C10H8BrFN2O. The number of aliphatic hydroxyl groups excluding tert-OH is 1. The van der Waals surface area contributed by atoms with Crippen molar-refractivity contribution in [2.75, 3.05) is 0 Å². The molecule has 0 bridgehead atoms. The fourth-order valence-electron chi connectivity index (χ4n) is 1.26. The van der Waals surface area contributed by atoms with Crippen LogP contribution in [-0.4, -0.2) is 15.1 Å². The van der Waals surface area contributed by atoms with Crippen molar-refractivity contribution in [2.45, 2.75) is 6.61 Å². The largest absolute Gasteiger partial charge is 0.390 e. The third-order valence-corrected chi connectivity index (χ3v) is 2.48. The maximum Gasteiger partial charge on any atom is 0.140 e. The summed E-state index contributed by atoms with van der Waals surface area (Å²) in [6.45, 7) is -0.134. The fourth-order valence-corrected chi connectivity index (χ4v) is 1.59. The highest BCUT2D eigenvalue weighted by atomic mass is 79.9. The molecule has 1 heterocycles. The van der Waals surface area contributed by atoms with Crippen LogP contribution in [0.3, 0.4) is 0 Å². The number of halogens is 2. The van der Waals surface area contributed by atoms with Crippen molar-refractivity contribution < 1.29 is 9.50 Å². The van der Waals surface area contributed by atoms with E-state index in [1.165, 1.54) is 12.3 Å². The summed E-state index contributed by atoms with van der Waals surface area (Å²) in [5, 5.41) is 8.84. The highest BCUT2D eigenvalue weighted by Gasteiger charge is 2.08. The van der Waals surface area contributed by atoms with Crippen molar-refractivity contribution in [1.29, 1.82) is 0 Å². The Morgan fingerprint density at radius 2 is 2.27 bits per heavy atom. The molecule has 0 aliphatic rings. The first-order chi connectivity index (χ1) is 7.20. The minimum Gasteiger partial charge on any atom is -0.390 e. The molecule has 0 atom stereocenters. The van der Waals surface area contributed by atoms with E-state index in [2.05, 4.69) is 25.9 Å². The lowest BCUT2D eigenvalue weighted by Gasteiger charge is -1.99. The molecule has 0 fully saturated rings. The fraction of sp³-hybridized carbons (Fsp3) is 0.100. The molecule has 2 aromatic rings. The first-order valence-corrected chi connectivity index (χ1v) is 5.10. The van der Waals surface area contributed by atoms with Gasteiger partial charge in [-0.1, -0.05) is 15.9 Å². The second-order valence-corrected chi connectivity index (χ2v) is 3.96. The number of nitrogens with zero attached hydrogens (tertiary/aromatic N) is 1. The van der Waals surface area contributed by atoms with Gasteiger partial charge in [0.05, 0.1) is 24.1 Å². The van der Waals surface area contributed by atoms with E-state index in [0.29, 0.717) is 21.6 Å². The van der Waals surface area contributed by atoms with Crippen molar-refractivity contribution in [1.82, 2.24) is 9.97 Å². The van der Waals surface area contributed by atoms with Gasteiger partial charge in [-0.25, -0.2) is 9.37 Å². The van der Waals surface area contributed by atoms with E-state index < -0.39 is 0 Å². The minimum absolute atomic E-state index is 0.134. The van der Waals surface area contributed by atoms with Crippen LogP contribution in [0.15, 0.2) is 28.9 Å². The number of aromatic nitrogens is 2. The molecule has 2 rings (SSSR count). The van der Waals surface area contributed by atoms with Gasteiger partial charge in [0.15, 0.2) is 0 Å². The number of aliphatic hydroxyl groups is 1. The number of rotatable bonds is 2. The van der Waals surface area contributed by atoms with Gasteiger partial charge in [0.25, 0.3) is 0 Å². The van der Waals surface area contributed by atoms with Crippen LogP contribution in [-0.2, 0) is 6.61 Å². The van der Waals surface area contributed by atoms with Crippen LogP contribution in [0.1, 0.15) is 5.69 Å². The minimum atomic E-state index is -0.358. The topological polar surface area (TPSA) is 48.9 Å². The summed E-state index contributed by atoms with van der Waals surface area (Å²) < 4.78 is 14.2. The van der Waals surface area contributed by atoms with Gasteiger partial charge in [-0.2, -0.15) is 0 Å². The highest BCUT2D eigenvalue weighted by Crippen LogP contribution is 2.23. The van der Waals surface area contributed by atoms with Crippen LogP contribution >= 0.6 is 15.9 Å². The number of benzene rings is 1. The molecular weight excluding hydrogens is 263 g/mol. The van der Waals surface area contributed by atoms with Crippen LogP contribution in [0.5, 0.6) is 0 Å². The lowest BCUT2D eigenvalue weighted by Crippen LogP contribution is -1.87. The Kier molecular flexibility index (Phi) is 2.83. The number of imidazole rings is 1. The van der Waals surface area contributed by atoms with Crippen molar-refractivity contribution in [3.63, 3.8) is 0 Å². The van der Waals surface area contributed by atoms with E-state index in [0.717, 1.165) is 0 Å². The van der Waals surface area contributed by atoms with Gasteiger partial charge >= 0.3 is 0 Å². The van der Waals surface area contributed by atoms with Crippen LogP contribution in [0.25, 0.3) is 11.4 Å². The van der Waals surface area contributed by atoms with Crippen molar-refractivity contribution in [2.24, 2.45) is 0 Å². The second kappa shape index (κ2) is 4.12. The summed E-state index contributed by atoms with van der Waals surface area (Å²) in [7, 11) is 0. The standard InChI is InChI=1S/C10H8BrFN2O/c11-6-1-2-8(9(12)3-6)10-13-4-7(5-15)14-10/h1-4,15H,5H2,(H,13,14). The zero-order chi connectivity index (χ0) is 10.8. The summed E-state index contributed by atoms with van der Waals surface area (Å²) in [6.07, 6.45) is 1.48. The normalized spacial score (nSPS) is 10.6. The monoisotopic (exact) mass is 270 g/mol. The van der Waals surface area contributed by atoms with Gasteiger partial charge in [-0.05, 0) is 18.2 Å². The van der Waals surface area contributed by atoms with E-state index >= 15 is 0 Å². The van der Waals surface area contributed by atoms with Gasteiger partial charge in [-0.3, -0.25) is 0 Å². The summed E-state index contributed by atoms with van der Waals surface area (Å²) in [5.74, 6) is 0.0623. The van der Waals surface area contributed by atoms with E-state index in [4.69, 9.17) is 5.11 Å². The highest BCUT2D eigenvalue weighted by molar-refractivity contribution is 9.10. The van der Waals surface area contributed by atoms with Gasteiger partial charge in [0.1, 0.15) is 11.6 Å². The maximum atomic E-state index is 13.5. The van der Waals surface area contributed by atoms with Crippen molar-refractivity contribution >= 4 is 15.9 Å². The zero-order valence-electron chi connectivity index (χ0n) is 7.67. The molecule has 0 aliphatic heterocycles. The first kappa shape index (κ1) is 10.3. The molecule has 0 unspecified atom stereocenters. The molecule has 15 heavy (non-hydrogen) atoms. The number of hydrogen-bond acceptors (Lipinski definition) is 2. The second-order valence-electron chi connectivity index (χ2n) is 3.04. The molecule has 78 valence electrons. The molecule has 1 aromatic heterocycles. The predicted octanol–water partition coefficient (Wildman–Crippen LogP) is 2.47. The first-order valence-electron chi connectivity index (χ1n) is 4.31. The van der Waals surface area contributed by atoms with Gasteiger partial charge in [0, 0.05) is 4.47 Å². The Balaban J connectivity index is 2.44. The van der Waals surface area contributed by atoms with Crippen LogP contribution < -0.4 is 0 Å². The molecule has 0 amide bonds. The molecule has 1 aromatic carbocycles. The maximum absolute atomic E-state index is 13.5. The van der Waals surface area contributed by atoms with Gasteiger partial charge in [0.2, 0.25) is 0 Å². The van der Waals surface area contributed by atoms with Crippen LogP contribution in [0.4, 0.5) is 4.39 Å². The van der Waals surface area contributed by atoms with Crippen molar-refractivity contribution in [3.05, 3.63) is 40.4 Å². The summed E-state index contributed by atoms with van der Waals surface area (Å²) in [4.78, 5) is 6.80. The molecule has 5 heteroatoms. The Morgan fingerprint density at radius 3 is 2.87 bits per heavy atom. The molecule has 0 saturated carbocycles. The van der Waals surface area contributed by atoms with E-state index in [1.807, 2.05) is 0 Å². The number of aromatic amines is 1. The SMILES string of the molecule is OCc1cnc(-c2ccc(Br)cc2F)[nH]1. The van der Waals surface area contributed by atoms with E-state index in [-0.39, 0.29) is 12.4 Å². The summed E-state index contributed by atoms with van der Waals surface area (Å²) >= 11 is 3.18. The molecule has 2 N–H and O–H groups in total. The van der Waals surface area contributed by atoms with E-state index in [9.17, 15) is 4.39 Å². The smallest absolute Gasteiger partial charge is 0.140 e. The predicted molar refractivity (Wildman–Crippen MR) is 57.6 cm³/mol. The quantitative estimate of drug-likeness (QED) is 0.881. The van der Waals surface area contributed by atoms with Crippen LogP contribution in [0, 0.1) is 5.82 Å². The lowest BCUT2D eigenvalue weighted by atomic mass is 10.2. The van der Waals surface area contributed by atoms with Gasteiger partial charge < -0.3 is 10.1 Å². The molecule has 3 nitrogen and oxygen atoms in total. The Morgan fingerprint density at radius 1 is 1.47 bits per heavy atom. The number of H-pyrrole nitrogens is 1. The number of nitrogens with one attached hydrogen (secondary N) is 1. The zero-order valence-corrected chi connectivity index (χ0v) is 9.25. The van der Waals surface area contributed by atoms with Gasteiger partial charge in [-0.15, -0.1) is 0 Å². The molecule has 0 spiro atoms. The van der Waals surface area contributed by atoms with Crippen molar-refractivity contribution in [3.8, 4) is 11.4 Å². The van der Waals surface area contributed by atoms with E-state index in [1.54, 1.807) is 12.1 Å².